The highest BCUT2D eigenvalue weighted by Crippen LogP contribution is 2.17. The number of piperidine rings is 1. The lowest BCUT2D eigenvalue weighted by molar-refractivity contribution is -0.120. The normalized spacial score (nSPS) is 14.9. The van der Waals surface area contributed by atoms with Crippen molar-refractivity contribution in [3.8, 4) is 5.75 Å². The van der Waals surface area contributed by atoms with E-state index in [9.17, 15) is 9.59 Å². The van der Waals surface area contributed by atoms with Crippen LogP contribution in [0.2, 0.25) is 0 Å². The molecule has 0 unspecified atom stereocenters. The predicted octanol–water partition coefficient (Wildman–Crippen LogP) is 3.08. The lowest BCUT2D eigenvalue weighted by Crippen LogP contribution is -2.40. The van der Waals surface area contributed by atoms with Crippen LogP contribution in [0.25, 0.3) is 0 Å². The van der Waals surface area contributed by atoms with Gasteiger partial charge in [0.1, 0.15) is 11.4 Å². The molecule has 1 fully saturated rings. The summed E-state index contributed by atoms with van der Waals surface area (Å²) in [7, 11) is 0. The molecule has 1 saturated heterocycles. The monoisotopic (exact) mass is 405 g/mol. The van der Waals surface area contributed by atoms with Crippen LogP contribution in [0.4, 0.5) is 4.79 Å². The van der Waals surface area contributed by atoms with Gasteiger partial charge in [-0.2, -0.15) is 0 Å². The first-order valence-electron chi connectivity index (χ1n) is 10.5. The topological polar surface area (TPSA) is 79.9 Å². The van der Waals surface area contributed by atoms with Gasteiger partial charge >= 0.3 is 6.09 Å². The molecule has 0 aliphatic carbocycles. The first-order chi connectivity index (χ1) is 13.8. The summed E-state index contributed by atoms with van der Waals surface area (Å²) in [4.78, 5) is 25.8. The second-order valence-corrected chi connectivity index (χ2v) is 8.39. The van der Waals surface area contributed by atoms with Crippen LogP contribution in [0.5, 0.6) is 5.75 Å². The Morgan fingerprint density at radius 3 is 2.59 bits per heavy atom. The number of carbonyl (C=O) groups excluding carboxylic acids is 2. The molecule has 1 aliphatic rings. The summed E-state index contributed by atoms with van der Waals surface area (Å²) in [5.74, 6) is 0.608. The van der Waals surface area contributed by atoms with Crippen molar-refractivity contribution in [3.05, 3.63) is 29.8 Å². The van der Waals surface area contributed by atoms with Gasteiger partial charge in [-0.3, -0.25) is 9.69 Å². The third kappa shape index (κ3) is 10.2. The van der Waals surface area contributed by atoms with Crippen LogP contribution in [0.15, 0.2) is 24.3 Å². The Bertz CT molecular complexity index is 652. The number of benzene rings is 1. The van der Waals surface area contributed by atoms with Crippen LogP contribution >= 0.6 is 0 Å². The molecule has 0 radical (unpaired) electrons. The molecule has 7 heteroatoms. The summed E-state index contributed by atoms with van der Waals surface area (Å²) >= 11 is 0. The van der Waals surface area contributed by atoms with Gasteiger partial charge in [-0.15, -0.1) is 0 Å². The zero-order valence-electron chi connectivity index (χ0n) is 18.0. The van der Waals surface area contributed by atoms with Gasteiger partial charge in [0, 0.05) is 13.1 Å². The number of likely N-dealkylation sites (tertiary alicyclic amines) is 1. The van der Waals surface area contributed by atoms with Gasteiger partial charge in [0.25, 0.3) is 0 Å². The lowest BCUT2D eigenvalue weighted by Gasteiger charge is -2.26. The second-order valence-electron chi connectivity index (χ2n) is 8.39. The van der Waals surface area contributed by atoms with Gasteiger partial charge < -0.3 is 20.1 Å². The molecule has 29 heavy (non-hydrogen) atoms. The standard InChI is InChI=1S/C22H35N3O4/c1-22(2,3)29-21(27)24-16-20(26)23-11-8-14-28-19-10-7-9-18(15-19)17-25-12-5-4-6-13-25/h7,9-10,15H,4-6,8,11-14,16-17H2,1-3H3,(H,23,26)(H,24,27). The molecular weight excluding hydrogens is 370 g/mol. The highest BCUT2D eigenvalue weighted by atomic mass is 16.6. The minimum Gasteiger partial charge on any atom is -0.494 e. The second kappa shape index (κ2) is 11.7. The fourth-order valence-corrected chi connectivity index (χ4v) is 3.13. The van der Waals surface area contributed by atoms with E-state index in [1.807, 2.05) is 12.1 Å². The van der Waals surface area contributed by atoms with Crippen LogP contribution in [0, 0.1) is 0 Å². The summed E-state index contributed by atoms with van der Waals surface area (Å²) in [5.41, 5.74) is 0.689. The van der Waals surface area contributed by atoms with E-state index in [1.54, 1.807) is 20.8 Å². The number of carbonyl (C=O) groups is 2. The van der Waals surface area contributed by atoms with Gasteiger partial charge in [-0.05, 0) is 70.8 Å². The zero-order chi connectivity index (χ0) is 21.1. The summed E-state index contributed by atoms with van der Waals surface area (Å²) in [6.07, 6.45) is 4.01. The van der Waals surface area contributed by atoms with E-state index in [2.05, 4.69) is 27.7 Å². The van der Waals surface area contributed by atoms with Crippen LogP contribution in [-0.2, 0) is 16.1 Å². The Hall–Kier alpha value is -2.28. The first kappa shape index (κ1) is 23.0. The third-order valence-electron chi connectivity index (χ3n) is 4.46. The molecule has 0 saturated carbocycles. The molecule has 0 atom stereocenters. The molecule has 2 rings (SSSR count). The number of ether oxygens (including phenoxy) is 2. The summed E-state index contributed by atoms with van der Waals surface area (Å²) < 4.78 is 10.9. The number of hydrogen-bond donors (Lipinski definition) is 2. The Morgan fingerprint density at radius 1 is 1.10 bits per heavy atom. The molecular formula is C22H35N3O4. The zero-order valence-corrected chi connectivity index (χ0v) is 18.0. The maximum atomic E-state index is 11.8. The minimum atomic E-state index is -0.597. The molecule has 2 N–H and O–H groups in total. The summed E-state index contributed by atoms with van der Waals surface area (Å²) in [6.45, 7) is 9.55. The van der Waals surface area contributed by atoms with Crippen LogP contribution < -0.4 is 15.4 Å². The van der Waals surface area contributed by atoms with Crippen molar-refractivity contribution in [2.75, 3.05) is 32.8 Å². The lowest BCUT2D eigenvalue weighted by atomic mass is 10.1. The summed E-state index contributed by atoms with van der Waals surface area (Å²) in [6, 6.07) is 8.22. The van der Waals surface area contributed by atoms with E-state index >= 15 is 0 Å². The van der Waals surface area contributed by atoms with Crippen molar-refractivity contribution < 1.29 is 19.1 Å². The van der Waals surface area contributed by atoms with E-state index < -0.39 is 11.7 Å². The molecule has 1 aromatic rings. The van der Waals surface area contributed by atoms with Gasteiger partial charge in [0.15, 0.2) is 0 Å². The van der Waals surface area contributed by atoms with E-state index in [1.165, 1.54) is 37.9 Å². The molecule has 0 aromatic heterocycles. The number of hydrogen-bond acceptors (Lipinski definition) is 5. The molecule has 1 aromatic carbocycles. The minimum absolute atomic E-state index is 0.103. The molecule has 0 spiro atoms. The predicted molar refractivity (Wildman–Crippen MR) is 113 cm³/mol. The van der Waals surface area contributed by atoms with Crippen molar-refractivity contribution in [3.63, 3.8) is 0 Å². The number of rotatable bonds is 9. The smallest absolute Gasteiger partial charge is 0.408 e. The molecule has 1 heterocycles. The molecule has 1 aliphatic heterocycles. The highest BCUT2D eigenvalue weighted by molar-refractivity contribution is 5.82. The summed E-state index contributed by atoms with van der Waals surface area (Å²) in [5, 5.41) is 5.19. The Balaban J connectivity index is 1.58. The quantitative estimate of drug-likeness (QED) is 0.617. The SMILES string of the molecule is CC(C)(C)OC(=O)NCC(=O)NCCCOc1cccc(CN2CCCCC2)c1. The number of alkyl carbamates (subject to hydrolysis) is 1. The van der Waals surface area contributed by atoms with Crippen molar-refractivity contribution in [2.45, 2.75) is 58.6 Å². The van der Waals surface area contributed by atoms with Gasteiger partial charge in [0.2, 0.25) is 5.91 Å². The molecule has 0 bridgehead atoms. The first-order valence-corrected chi connectivity index (χ1v) is 10.5. The number of nitrogens with zero attached hydrogens (tertiary/aromatic N) is 1. The van der Waals surface area contributed by atoms with Gasteiger partial charge in [-0.25, -0.2) is 4.79 Å². The van der Waals surface area contributed by atoms with Crippen LogP contribution in [0.1, 0.15) is 52.0 Å². The van der Waals surface area contributed by atoms with E-state index in [0.29, 0.717) is 19.6 Å². The van der Waals surface area contributed by atoms with Crippen LogP contribution in [-0.4, -0.2) is 55.3 Å². The van der Waals surface area contributed by atoms with Crippen molar-refractivity contribution in [1.29, 1.82) is 0 Å². The van der Waals surface area contributed by atoms with Crippen molar-refractivity contribution in [2.24, 2.45) is 0 Å². The molecule has 7 nitrogen and oxygen atoms in total. The Labute approximate surface area is 174 Å². The fraction of sp³-hybridized carbons (Fsp3) is 0.636. The van der Waals surface area contributed by atoms with E-state index in [4.69, 9.17) is 9.47 Å². The van der Waals surface area contributed by atoms with Crippen molar-refractivity contribution >= 4 is 12.0 Å². The molecule has 2 amide bonds. The average molecular weight is 406 g/mol. The van der Waals surface area contributed by atoms with Crippen LogP contribution in [0.3, 0.4) is 0 Å². The van der Waals surface area contributed by atoms with E-state index in [-0.39, 0.29) is 12.5 Å². The average Bonchev–Trinajstić information content (AvgIpc) is 2.66. The third-order valence-corrected chi connectivity index (χ3v) is 4.46. The van der Waals surface area contributed by atoms with Gasteiger partial charge in [-0.1, -0.05) is 18.6 Å². The number of nitrogens with one attached hydrogen (secondary N) is 2. The largest absolute Gasteiger partial charge is 0.494 e. The molecule has 162 valence electrons. The Morgan fingerprint density at radius 2 is 1.86 bits per heavy atom. The van der Waals surface area contributed by atoms with Gasteiger partial charge in [0.05, 0.1) is 13.2 Å². The maximum absolute atomic E-state index is 11.8. The van der Waals surface area contributed by atoms with E-state index in [0.717, 1.165) is 12.3 Å². The van der Waals surface area contributed by atoms with Crippen molar-refractivity contribution in [1.82, 2.24) is 15.5 Å². The maximum Gasteiger partial charge on any atom is 0.408 e. The Kier molecular flexibility index (Phi) is 9.25. The fourth-order valence-electron chi connectivity index (χ4n) is 3.13. The highest BCUT2D eigenvalue weighted by Gasteiger charge is 2.16. The number of amides is 2.